The second-order valence-electron chi connectivity index (χ2n) is 4.45. The molecule has 5 nitrogen and oxygen atoms in total. The van der Waals surface area contributed by atoms with E-state index in [0.29, 0.717) is 5.56 Å². The SMILES string of the molecule is C[C@@H](NS(=O)(=O)c1ccccc1OC(F)F)c1cccnc1. The summed E-state index contributed by atoms with van der Waals surface area (Å²) in [7, 11) is -4.02. The summed E-state index contributed by atoms with van der Waals surface area (Å²) in [5.74, 6) is -0.400. The van der Waals surface area contributed by atoms with Gasteiger partial charge in [0.25, 0.3) is 0 Å². The number of nitrogens with one attached hydrogen (secondary N) is 1. The van der Waals surface area contributed by atoms with Gasteiger partial charge in [-0.05, 0) is 30.7 Å². The third kappa shape index (κ3) is 3.99. The number of benzene rings is 1. The number of aromatic nitrogens is 1. The molecule has 0 unspecified atom stereocenters. The minimum Gasteiger partial charge on any atom is -0.433 e. The lowest BCUT2D eigenvalue weighted by Gasteiger charge is -2.16. The number of sulfonamides is 1. The Bertz CT molecular complexity index is 724. The van der Waals surface area contributed by atoms with Crippen LogP contribution in [0.4, 0.5) is 8.78 Å². The van der Waals surface area contributed by atoms with Crippen LogP contribution in [0.15, 0.2) is 53.7 Å². The molecular weight excluding hydrogens is 314 g/mol. The number of para-hydroxylation sites is 1. The number of hydrogen-bond donors (Lipinski definition) is 1. The minimum absolute atomic E-state index is 0.342. The highest BCUT2D eigenvalue weighted by Gasteiger charge is 2.23. The van der Waals surface area contributed by atoms with Crippen LogP contribution in [0, 0.1) is 0 Å². The molecule has 0 fully saturated rings. The van der Waals surface area contributed by atoms with Gasteiger partial charge in [0.2, 0.25) is 10.0 Å². The van der Waals surface area contributed by atoms with Gasteiger partial charge in [-0.25, -0.2) is 13.1 Å². The van der Waals surface area contributed by atoms with Gasteiger partial charge >= 0.3 is 6.61 Å². The molecule has 1 aromatic heterocycles. The first-order valence-corrected chi connectivity index (χ1v) is 7.84. The van der Waals surface area contributed by atoms with Gasteiger partial charge in [0.15, 0.2) is 0 Å². The quantitative estimate of drug-likeness (QED) is 0.885. The van der Waals surface area contributed by atoms with Crippen molar-refractivity contribution in [2.45, 2.75) is 24.5 Å². The van der Waals surface area contributed by atoms with Gasteiger partial charge in [-0.15, -0.1) is 0 Å². The highest BCUT2D eigenvalue weighted by molar-refractivity contribution is 7.89. The molecule has 0 radical (unpaired) electrons. The highest BCUT2D eigenvalue weighted by atomic mass is 32.2. The second-order valence-corrected chi connectivity index (χ2v) is 6.14. The van der Waals surface area contributed by atoms with Crippen LogP contribution >= 0.6 is 0 Å². The van der Waals surface area contributed by atoms with Crippen molar-refractivity contribution in [3.05, 3.63) is 54.4 Å². The Morgan fingerprint density at radius 1 is 1.18 bits per heavy atom. The number of ether oxygens (including phenoxy) is 1. The van der Waals surface area contributed by atoms with Crippen LogP contribution in [0.3, 0.4) is 0 Å². The summed E-state index contributed by atoms with van der Waals surface area (Å²) in [6.45, 7) is -1.47. The van der Waals surface area contributed by atoms with E-state index in [1.54, 1.807) is 25.3 Å². The minimum atomic E-state index is -4.02. The van der Waals surface area contributed by atoms with Gasteiger partial charge in [-0.2, -0.15) is 8.78 Å². The molecule has 118 valence electrons. The van der Waals surface area contributed by atoms with E-state index in [9.17, 15) is 17.2 Å². The molecule has 2 aromatic rings. The van der Waals surface area contributed by atoms with Gasteiger partial charge in [0, 0.05) is 18.4 Å². The van der Waals surface area contributed by atoms with Crippen molar-refractivity contribution in [2.75, 3.05) is 0 Å². The molecule has 22 heavy (non-hydrogen) atoms. The Hall–Kier alpha value is -2.06. The molecule has 1 heterocycles. The van der Waals surface area contributed by atoms with E-state index in [0.717, 1.165) is 0 Å². The zero-order valence-electron chi connectivity index (χ0n) is 11.6. The standard InChI is InChI=1S/C14H14F2N2O3S/c1-10(11-5-4-8-17-9-11)18-22(19,20)13-7-3-2-6-12(13)21-14(15)16/h2-10,14,18H,1H3/t10-/m1/s1. The van der Waals surface area contributed by atoms with E-state index in [4.69, 9.17) is 0 Å². The van der Waals surface area contributed by atoms with E-state index in [-0.39, 0.29) is 4.90 Å². The van der Waals surface area contributed by atoms with Crippen LogP contribution in [0.25, 0.3) is 0 Å². The molecular formula is C14H14F2N2O3S. The number of nitrogens with zero attached hydrogens (tertiary/aromatic N) is 1. The first kappa shape index (κ1) is 16.3. The van der Waals surface area contributed by atoms with Crippen LogP contribution in [-0.4, -0.2) is 20.0 Å². The molecule has 0 aliphatic rings. The topological polar surface area (TPSA) is 68.3 Å². The first-order chi connectivity index (χ1) is 10.4. The van der Waals surface area contributed by atoms with Crippen molar-refractivity contribution in [3.8, 4) is 5.75 Å². The number of halogens is 2. The molecule has 0 amide bonds. The maximum Gasteiger partial charge on any atom is 0.387 e. The molecule has 0 aliphatic carbocycles. The summed E-state index contributed by atoms with van der Waals surface area (Å²) in [6.07, 6.45) is 3.09. The van der Waals surface area contributed by atoms with Crippen molar-refractivity contribution in [1.82, 2.24) is 9.71 Å². The molecule has 1 aromatic carbocycles. The van der Waals surface area contributed by atoms with E-state index in [1.807, 2.05) is 0 Å². The van der Waals surface area contributed by atoms with Gasteiger partial charge in [0.1, 0.15) is 10.6 Å². The van der Waals surface area contributed by atoms with Crippen LogP contribution in [0.5, 0.6) is 5.75 Å². The van der Waals surface area contributed by atoms with Crippen molar-refractivity contribution in [2.24, 2.45) is 0 Å². The van der Waals surface area contributed by atoms with Crippen LogP contribution in [0.1, 0.15) is 18.5 Å². The zero-order chi connectivity index (χ0) is 16.2. The Labute approximate surface area is 127 Å². The Kier molecular flexibility index (Phi) is 5.04. The average molecular weight is 328 g/mol. The highest BCUT2D eigenvalue weighted by Crippen LogP contribution is 2.26. The number of alkyl halides is 2. The molecule has 1 N–H and O–H groups in total. The number of pyridine rings is 1. The van der Waals surface area contributed by atoms with Crippen molar-refractivity contribution in [3.63, 3.8) is 0 Å². The fourth-order valence-corrected chi connectivity index (χ4v) is 3.23. The average Bonchev–Trinajstić information content (AvgIpc) is 2.47. The molecule has 0 saturated carbocycles. The summed E-state index contributed by atoms with van der Waals surface area (Å²) < 4.78 is 56.1. The first-order valence-electron chi connectivity index (χ1n) is 6.36. The fraction of sp³-hybridized carbons (Fsp3) is 0.214. The molecule has 0 aliphatic heterocycles. The van der Waals surface area contributed by atoms with Crippen molar-refractivity contribution < 1.29 is 21.9 Å². The lowest BCUT2D eigenvalue weighted by atomic mass is 10.2. The predicted octanol–water partition coefficient (Wildman–Crippen LogP) is 2.72. The van der Waals surface area contributed by atoms with Crippen LogP contribution in [0.2, 0.25) is 0 Å². The third-order valence-electron chi connectivity index (χ3n) is 2.87. The summed E-state index contributed by atoms with van der Waals surface area (Å²) in [4.78, 5) is 3.57. The molecule has 8 heteroatoms. The summed E-state index contributed by atoms with van der Waals surface area (Å²) in [6, 6.07) is 8.04. The van der Waals surface area contributed by atoms with Crippen LogP contribution in [-0.2, 0) is 10.0 Å². The van der Waals surface area contributed by atoms with Crippen LogP contribution < -0.4 is 9.46 Å². The number of rotatable bonds is 6. The summed E-state index contributed by atoms with van der Waals surface area (Å²) in [5, 5.41) is 0. The Balaban J connectivity index is 2.28. The molecule has 0 saturated heterocycles. The van der Waals surface area contributed by atoms with E-state index in [2.05, 4.69) is 14.4 Å². The Morgan fingerprint density at radius 2 is 1.91 bits per heavy atom. The predicted molar refractivity (Wildman–Crippen MR) is 76.0 cm³/mol. The summed E-state index contributed by atoms with van der Waals surface area (Å²) >= 11 is 0. The number of hydrogen-bond acceptors (Lipinski definition) is 4. The fourth-order valence-electron chi connectivity index (χ4n) is 1.86. The van der Waals surface area contributed by atoms with Crippen molar-refractivity contribution in [1.29, 1.82) is 0 Å². The smallest absolute Gasteiger partial charge is 0.387 e. The van der Waals surface area contributed by atoms with E-state index < -0.39 is 28.4 Å². The monoisotopic (exact) mass is 328 g/mol. The van der Waals surface area contributed by atoms with Crippen molar-refractivity contribution >= 4 is 10.0 Å². The van der Waals surface area contributed by atoms with E-state index in [1.165, 1.54) is 30.5 Å². The van der Waals surface area contributed by atoms with E-state index >= 15 is 0 Å². The van der Waals surface area contributed by atoms with Gasteiger partial charge in [-0.3, -0.25) is 4.98 Å². The molecule has 2 rings (SSSR count). The lowest BCUT2D eigenvalue weighted by molar-refractivity contribution is -0.0517. The van der Waals surface area contributed by atoms with Gasteiger partial charge in [-0.1, -0.05) is 18.2 Å². The lowest BCUT2D eigenvalue weighted by Crippen LogP contribution is -2.27. The molecule has 1 atom stereocenters. The molecule has 0 bridgehead atoms. The summed E-state index contributed by atoms with van der Waals surface area (Å²) in [5.41, 5.74) is 0.651. The second kappa shape index (κ2) is 6.80. The van der Waals surface area contributed by atoms with Gasteiger partial charge < -0.3 is 4.74 Å². The third-order valence-corrected chi connectivity index (χ3v) is 4.45. The maximum atomic E-state index is 12.4. The zero-order valence-corrected chi connectivity index (χ0v) is 12.4. The largest absolute Gasteiger partial charge is 0.433 e. The van der Waals surface area contributed by atoms with Gasteiger partial charge in [0.05, 0.1) is 0 Å². The maximum absolute atomic E-state index is 12.4. The Morgan fingerprint density at radius 3 is 2.55 bits per heavy atom. The normalized spacial score (nSPS) is 13.1. The molecule has 0 spiro atoms.